The number of aromatic nitrogens is 3. The van der Waals surface area contributed by atoms with Gasteiger partial charge in [-0.3, -0.25) is 19.7 Å². The van der Waals surface area contributed by atoms with Crippen LogP contribution in [0.3, 0.4) is 0 Å². The van der Waals surface area contributed by atoms with Gasteiger partial charge >= 0.3 is 0 Å². The van der Waals surface area contributed by atoms with E-state index in [1.165, 1.54) is 5.56 Å². The zero-order valence-corrected chi connectivity index (χ0v) is 22.7. The highest BCUT2D eigenvalue weighted by molar-refractivity contribution is 9.10. The van der Waals surface area contributed by atoms with Crippen molar-refractivity contribution >= 4 is 32.5 Å². The molecule has 186 valence electrons. The summed E-state index contributed by atoms with van der Waals surface area (Å²) in [6, 6.07) is 14.6. The standard InChI is InChI=1S/C29H32BrN5O/c1-20-9-10-24(15-32-20)34-13-5-6-25(19-34)35(16-22-11-12-31-21(2)14-22)18-23-17-33(3)28-26(29(23)36)7-4-8-27(28)30/h4,7-12,14-15,17,25H,5-6,13,16,18-19H2,1-3H3/t25-/m0/s1. The minimum atomic E-state index is 0.107. The molecule has 0 radical (unpaired) electrons. The van der Waals surface area contributed by atoms with Crippen molar-refractivity contribution in [3.05, 3.63) is 98.3 Å². The summed E-state index contributed by atoms with van der Waals surface area (Å²) in [7, 11) is 2.01. The molecule has 0 N–H and O–H groups in total. The zero-order valence-electron chi connectivity index (χ0n) is 21.1. The van der Waals surface area contributed by atoms with E-state index in [2.05, 4.69) is 64.5 Å². The van der Waals surface area contributed by atoms with Gasteiger partial charge in [-0.1, -0.05) is 6.07 Å². The molecule has 0 unspecified atom stereocenters. The summed E-state index contributed by atoms with van der Waals surface area (Å²) in [5, 5.41) is 0.750. The highest BCUT2D eigenvalue weighted by Gasteiger charge is 2.27. The molecule has 0 spiro atoms. The lowest BCUT2D eigenvalue weighted by Gasteiger charge is -2.40. The lowest BCUT2D eigenvalue weighted by molar-refractivity contribution is 0.158. The summed E-state index contributed by atoms with van der Waals surface area (Å²) in [6.07, 6.45) is 8.06. The Balaban J connectivity index is 1.49. The Hall–Kier alpha value is -3.03. The third-order valence-electron chi connectivity index (χ3n) is 7.12. The molecular weight excluding hydrogens is 514 g/mol. The number of benzene rings is 1. The second-order valence-electron chi connectivity index (χ2n) is 9.84. The number of hydrogen-bond donors (Lipinski definition) is 0. The molecule has 1 atom stereocenters. The number of piperidine rings is 1. The molecule has 1 aliphatic rings. The maximum Gasteiger partial charge on any atom is 0.193 e. The van der Waals surface area contributed by atoms with Gasteiger partial charge in [0.05, 0.1) is 17.4 Å². The number of nitrogens with zero attached hydrogens (tertiary/aromatic N) is 5. The van der Waals surface area contributed by atoms with Crippen LogP contribution in [0.5, 0.6) is 0 Å². The molecule has 36 heavy (non-hydrogen) atoms. The van der Waals surface area contributed by atoms with Crippen molar-refractivity contribution in [1.29, 1.82) is 0 Å². The Labute approximate surface area is 220 Å². The van der Waals surface area contributed by atoms with E-state index in [1.807, 2.05) is 57.7 Å². The first-order valence-electron chi connectivity index (χ1n) is 12.5. The van der Waals surface area contributed by atoms with Gasteiger partial charge in [0.1, 0.15) is 0 Å². The van der Waals surface area contributed by atoms with Gasteiger partial charge in [-0.25, -0.2) is 0 Å². The topological polar surface area (TPSA) is 54.3 Å². The number of aryl methyl sites for hydroxylation is 3. The summed E-state index contributed by atoms with van der Waals surface area (Å²) in [6.45, 7) is 7.35. The van der Waals surface area contributed by atoms with E-state index in [0.717, 1.165) is 70.5 Å². The third kappa shape index (κ3) is 5.22. The van der Waals surface area contributed by atoms with Crippen molar-refractivity contribution in [2.45, 2.75) is 45.8 Å². The molecule has 1 fully saturated rings. The molecule has 0 aliphatic carbocycles. The molecule has 1 aliphatic heterocycles. The first kappa shape index (κ1) is 24.7. The van der Waals surface area contributed by atoms with E-state index in [4.69, 9.17) is 0 Å². The van der Waals surface area contributed by atoms with Crippen molar-refractivity contribution < 1.29 is 0 Å². The summed E-state index contributed by atoms with van der Waals surface area (Å²) >= 11 is 3.62. The van der Waals surface area contributed by atoms with Crippen LogP contribution in [0.2, 0.25) is 0 Å². The number of para-hydroxylation sites is 1. The maximum atomic E-state index is 13.6. The molecule has 4 heterocycles. The van der Waals surface area contributed by atoms with Crippen LogP contribution in [0.1, 0.15) is 35.4 Å². The quantitative estimate of drug-likeness (QED) is 0.325. The molecule has 1 aromatic carbocycles. The molecule has 6 nitrogen and oxygen atoms in total. The van der Waals surface area contributed by atoms with Crippen molar-refractivity contribution in [3.8, 4) is 0 Å². The van der Waals surface area contributed by atoms with Crippen molar-refractivity contribution in [1.82, 2.24) is 19.4 Å². The molecular formula is C29H32BrN5O. The Morgan fingerprint density at radius 1 is 1.08 bits per heavy atom. The van der Waals surface area contributed by atoms with Crippen molar-refractivity contribution in [3.63, 3.8) is 0 Å². The fourth-order valence-corrected chi connectivity index (χ4v) is 5.95. The molecule has 4 aromatic rings. The third-order valence-corrected chi connectivity index (χ3v) is 7.76. The average molecular weight is 547 g/mol. The monoisotopic (exact) mass is 545 g/mol. The van der Waals surface area contributed by atoms with E-state index >= 15 is 0 Å². The van der Waals surface area contributed by atoms with Crippen LogP contribution in [0.25, 0.3) is 10.9 Å². The second-order valence-corrected chi connectivity index (χ2v) is 10.7. The summed E-state index contributed by atoms with van der Waals surface area (Å²) < 4.78 is 3.00. The average Bonchev–Trinajstić information content (AvgIpc) is 2.87. The minimum absolute atomic E-state index is 0.107. The van der Waals surface area contributed by atoms with Gasteiger partial charge in [0.25, 0.3) is 0 Å². The maximum absolute atomic E-state index is 13.6. The SMILES string of the molecule is Cc1ccc(N2CCC[C@H](N(Cc3ccnc(C)c3)Cc3cn(C)c4c(Br)cccc4c3=O)C2)cn1. The first-order chi connectivity index (χ1) is 17.4. The molecule has 1 saturated heterocycles. The predicted octanol–water partition coefficient (Wildman–Crippen LogP) is 5.38. The molecule has 5 rings (SSSR count). The summed E-state index contributed by atoms with van der Waals surface area (Å²) in [4.78, 5) is 27.4. The fourth-order valence-electron chi connectivity index (χ4n) is 5.30. The summed E-state index contributed by atoms with van der Waals surface area (Å²) in [5.41, 5.74) is 6.28. The van der Waals surface area contributed by atoms with Crippen molar-refractivity contribution in [2.24, 2.45) is 7.05 Å². The van der Waals surface area contributed by atoms with E-state index < -0.39 is 0 Å². The Bertz CT molecular complexity index is 1430. The minimum Gasteiger partial charge on any atom is -0.369 e. The number of anilines is 1. The van der Waals surface area contributed by atoms with Crippen LogP contribution in [0.15, 0.2) is 70.3 Å². The number of hydrogen-bond acceptors (Lipinski definition) is 5. The highest BCUT2D eigenvalue weighted by atomic mass is 79.9. The zero-order chi connectivity index (χ0) is 25.2. The smallest absolute Gasteiger partial charge is 0.193 e. The molecule has 3 aromatic heterocycles. The Morgan fingerprint density at radius 3 is 2.72 bits per heavy atom. The largest absolute Gasteiger partial charge is 0.369 e. The van der Waals surface area contributed by atoms with Gasteiger partial charge in [0, 0.05) is 78.5 Å². The van der Waals surface area contributed by atoms with Crippen LogP contribution in [-0.2, 0) is 20.1 Å². The van der Waals surface area contributed by atoms with E-state index in [0.29, 0.717) is 12.6 Å². The van der Waals surface area contributed by atoms with E-state index in [1.54, 1.807) is 0 Å². The fraction of sp³-hybridized carbons (Fsp3) is 0.345. The number of fused-ring (bicyclic) bond motifs is 1. The van der Waals surface area contributed by atoms with Gasteiger partial charge in [0.2, 0.25) is 0 Å². The van der Waals surface area contributed by atoms with Gasteiger partial charge in [0.15, 0.2) is 5.43 Å². The first-order valence-corrected chi connectivity index (χ1v) is 13.3. The molecule has 0 amide bonds. The van der Waals surface area contributed by atoms with Crippen LogP contribution >= 0.6 is 15.9 Å². The van der Waals surface area contributed by atoms with Gasteiger partial charge in [-0.05, 0) is 84.6 Å². The van der Waals surface area contributed by atoms with Gasteiger partial charge < -0.3 is 9.47 Å². The Morgan fingerprint density at radius 2 is 1.94 bits per heavy atom. The van der Waals surface area contributed by atoms with Crippen LogP contribution < -0.4 is 10.3 Å². The van der Waals surface area contributed by atoms with Crippen molar-refractivity contribution in [2.75, 3.05) is 18.0 Å². The molecule has 7 heteroatoms. The molecule has 0 saturated carbocycles. The van der Waals surface area contributed by atoms with Gasteiger partial charge in [-0.2, -0.15) is 0 Å². The highest BCUT2D eigenvalue weighted by Crippen LogP contribution is 2.26. The molecule has 0 bridgehead atoms. The van der Waals surface area contributed by atoms with E-state index in [9.17, 15) is 4.79 Å². The number of pyridine rings is 3. The van der Waals surface area contributed by atoms with Gasteiger partial charge in [-0.15, -0.1) is 0 Å². The predicted molar refractivity (Wildman–Crippen MR) is 149 cm³/mol. The summed E-state index contributed by atoms with van der Waals surface area (Å²) in [5.74, 6) is 0. The normalized spacial score (nSPS) is 16.1. The number of rotatable bonds is 6. The Kier molecular flexibility index (Phi) is 7.21. The van der Waals surface area contributed by atoms with E-state index in [-0.39, 0.29) is 5.43 Å². The lowest BCUT2D eigenvalue weighted by atomic mass is 10.0. The number of halogens is 1. The lowest BCUT2D eigenvalue weighted by Crippen LogP contribution is -2.48. The van der Waals surface area contributed by atoms with Crippen LogP contribution in [-0.4, -0.2) is 38.6 Å². The van der Waals surface area contributed by atoms with Crippen LogP contribution in [0, 0.1) is 13.8 Å². The van der Waals surface area contributed by atoms with Crippen LogP contribution in [0.4, 0.5) is 5.69 Å². The second kappa shape index (κ2) is 10.5.